The van der Waals surface area contributed by atoms with Crippen LogP contribution in [0.2, 0.25) is 5.02 Å². The van der Waals surface area contributed by atoms with Gasteiger partial charge in [-0.3, -0.25) is 18.7 Å². The summed E-state index contributed by atoms with van der Waals surface area (Å²) in [6, 6.07) is 8.68. The van der Waals surface area contributed by atoms with E-state index in [2.05, 4.69) is 15.6 Å². The number of rotatable bonds is 7. The molecule has 0 radical (unpaired) electrons. The Balaban J connectivity index is 1.64. The van der Waals surface area contributed by atoms with Crippen molar-refractivity contribution in [2.75, 3.05) is 10.6 Å². The van der Waals surface area contributed by atoms with Gasteiger partial charge in [-0.1, -0.05) is 17.7 Å². The van der Waals surface area contributed by atoms with Crippen molar-refractivity contribution in [3.8, 4) is 0 Å². The van der Waals surface area contributed by atoms with E-state index in [1.54, 1.807) is 39.5 Å². The van der Waals surface area contributed by atoms with E-state index >= 15 is 0 Å². The molecule has 0 bridgehead atoms. The second-order valence-corrected chi connectivity index (χ2v) is 7.23. The highest BCUT2D eigenvalue weighted by Gasteiger charge is 2.14. The average Bonchev–Trinajstić information content (AvgIpc) is 2.99. The summed E-state index contributed by atoms with van der Waals surface area (Å²) in [5.41, 5.74) is 2.52. The fourth-order valence-corrected chi connectivity index (χ4v) is 3.41. The van der Waals surface area contributed by atoms with E-state index in [9.17, 15) is 14.4 Å². The molecule has 2 amide bonds. The third kappa shape index (κ3) is 4.38. The molecular formula is C21H24ClN5O3. The van der Waals surface area contributed by atoms with Crippen LogP contribution in [-0.2, 0) is 22.7 Å². The number of benzene rings is 1. The quantitative estimate of drug-likeness (QED) is 0.600. The molecular weight excluding hydrogens is 406 g/mol. The van der Waals surface area contributed by atoms with E-state index in [0.29, 0.717) is 35.3 Å². The molecule has 2 aromatic heterocycles. The molecule has 0 aliphatic carbocycles. The van der Waals surface area contributed by atoms with Crippen molar-refractivity contribution < 1.29 is 9.59 Å². The number of anilines is 2. The number of carbonyl (C=O) groups excluding carboxylic acids is 2. The van der Waals surface area contributed by atoms with Crippen LogP contribution in [-0.4, -0.2) is 25.9 Å². The summed E-state index contributed by atoms with van der Waals surface area (Å²) in [6.07, 6.45) is 0.0215. The SMILES string of the molecule is CCn1c(=O)n(CC)c2nc(NC(=O)CCC(=O)Nc3cccc(Cl)c3C)ccc21. The number of hydrogen-bond donors (Lipinski definition) is 2. The average molecular weight is 430 g/mol. The van der Waals surface area contributed by atoms with Gasteiger partial charge in [0.05, 0.1) is 5.52 Å². The Morgan fingerprint density at radius 2 is 1.67 bits per heavy atom. The zero-order valence-electron chi connectivity index (χ0n) is 17.2. The smallest absolute Gasteiger partial charge is 0.326 e. The van der Waals surface area contributed by atoms with Crippen LogP contribution in [0.5, 0.6) is 0 Å². The first-order valence-electron chi connectivity index (χ1n) is 9.80. The van der Waals surface area contributed by atoms with Crippen LogP contribution in [0.15, 0.2) is 35.1 Å². The molecule has 158 valence electrons. The van der Waals surface area contributed by atoms with Crippen LogP contribution >= 0.6 is 11.6 Å². The number of amides is 2. The highest BCUT2D eigenvalue weighted by atomic mass is 35.5. The van der Waals surface area contributed by atoms with E-state index in [0.717, 1.165) is 11.1 Å². The maximum absolute atomic E-state index is 12.4. The van der Waals surface area contributed by atoms with Crippen molar-refractivity contribution in [1.82, 2.24) is 14.1 Å². The molecule has 0 atom stereocenters. The molecule has 8 nitrogen and oxygen atoms in total. The van der Waals surface area contributed by atoms with Gasteiger partial charge in [0.1, 0.15) is 5.82 Å². The van der Waals surface area contributed by atoms with Gasteiger partial charge in [0, 0.05) is 36.6 Å². The number of nitrogens with zero attached hydrogens (tertiary/aromatic N) is 3. The Bertz CT molecular complexity index is 1170. The van der Waals surface area contributed by atoms with Crippen LogP contribution in [0, 0.1) is 6.92 Å². The van der Waals surface area contributed by atoms with Gasteiger partial charge < -0.3 is 10.6 Å². The summed E-state index contributed by atoms with van der Waals surface area (Å²) in [5.74, 6) is -0.270. The molecule has 0 aliphatic rings. The van der Waals surface area contributed by atoms with Gasteiger partial charge >= 0.3 is 5.69 Å². The first-order valence-corrected chi connectivity index (χ1v) is 10.2. The molecule has 2 heterocycles. The molecule has 0 unspecified atom stereocenters. The predicted octanol–water partition coefficient (Wildman–Crippen LogP) is 3.56. The maximum atomic E-state index is 12.4. The number of hydrogen-bond acceptors (Lipinski definition) is 4. The molecule has 3 rings (SSSR count). The summed E-state index contributed by atoms with van der Waals surface area (Å²) >= 11 is 6.05. The Morgan fingerprint density at radius 1 is 1.00 bits per heavy atom. The number of pyridine rings is 1. The fraction of sp³-hybridized carbons (Fsp3) is 0.333. The first kappa shape index (κ1) is 21.6. The van der Waals surface area contributed by atoms with Crippen LogP contribution < -0.4 is 16.3 Å². The summed E-state index contributed by atoms with van der Waals surface area (Å²) < 4.78 is 3.20. The second-order valence-electron chi connectivity index (χ2n) is 6.82. The standard InChI is InChI=1S/C21H24ClN5O3/c1-4-26-16-9-10-17(25-20(16)27(5-2)21(26)30)24-19(29)12-11-18(28)23-15-8-6-7-14(22)13(15)3/h6-10H,4-5,11-12H2,1-3H3,(H,23,28)(H,24,25,29). The van der Waals surface area contributed by atoms with Crippen molar-refractivity contribution >= 4 is 46.1 Å². The van der Waals surface area contributed by atoms with Gasteiger partial charge in [0.2, 0.25) is 11.8 Å². The maximum Gasteiger partial charge on any atom is 0.330 e. The Kier molecular flexibility index (Phi) is 6.56. The summed E-state index contributed by atoms with van der Waals surface area (Å²) in [6.45, 7) is 6.60. The molecule has 30 heavy (non-hydrogen) atoms. The highest BCUT2D eigenvalue weighted by molar-refractivity contribution is 6.31. The van der Waals surface area contributed by atoms with Crippen LogP contribution in [0.1, 0.15) is 32.3 Å². The third-order valence-corrected chi connectivity index (χ3v) is 5.29. The Labute approximate surface area is 178 Å². The number of nitrogens with one attached hydrogen (secondary N) is 2. The molecule has 3 aromatic rings. The zero-order chi connectivity index (χ0) is 21.8. The van der Waals surface area contributed by atoms with E-state index in [-0.39, 0.29) is 30.3 Å². The third-order valence-electron chi connectivity index (χ3n) is 4.88. The molecule has 0 fully saturated rings. The van der Waals surface area contributed by atoms with Crippen molar-refractivity contribution in [1.29, 1.82) is 0 Å². The first-order chi connectivity index (χ1) is 14.3. The number of halogens is 1. The second kappa shape index (κ2) is 9.13. The molecule has 9 heteroatoms. The monoisotopic (exact) mass is 429 g/mol. The van der Waals surface area contributed by atoms with E-state index in [1.807, 2.05) is 20.8 Å². The predicted molar refractivity (Wildman–Crippen MR) is 118 cm³/mol. The molecule has 0 saturated heterocycles. The lowest BCUT2D eigenvalue weighted by Gasteiger charge is -2.09. The van der Waals surface area contributed by atoms with Crippen molar-refractivity contribution in [2.24, 2.45) is 0 Å². The lowest BCUT2D eigenvalue weighted by Crippen LogP contribution is -2.23. The Hall–Kier alpha value is -3.13. The van der Waals surface area contributed by atoms with Crippen LogP contribution in [0.25, 0.3) is 11.2 Å². The highest BCUT2D eigenvalue weighted by Crippen LogP contribution is 2.23. The van der Waals surface area contributed by atoms with Crippen molar-refractivity contribution in [2.45, 2.75) is 46.7 Å². The van der Waals surface area contributed by atoms with Crippen molar-refractivity contribution in [3.05, 3.63) is 51.4 Å². The number of aromatic nitrogens is 3. The molecule has 2 N–H and O–H groups in total. The fourth-order valence-electron chi connectivity index (χ4n) is 3.24. The largest absolute Gasteiger partial charge is 0.330 e. The number of aryl methyl sites for hydroxylation is 2. The zero-order valence-corrected chi connectivity index (χ0v) is 17.9. The molecule has 0 saturated carbocycles. The lowest BCUT2D eigenvalue weighted by molar-refractivity contribution is -0.121. The minimum Gasteiger partial charge on any atom is -0.326 e. The van der Waals surface area contributed by atoms with Gasteiger partial charge in [-0.2, -0.15) is 0 Å². The number of fused-ring (bicyclic) bond motifs is 1. The minimum absolute atomic E-state index is 0.00171. The van der Waals surface area contributed by atoms with E-state index in [1.165, 1.54) is 0 Å². The summed E-state index contributed by atoms with van der Waals surface area (Å²) in [5, 5.41) is 6.03. The Morgan fingerprint density at radius 3 is 2.33 bits per heavy atom. The number of imidazole rings is 1. The topological polar surface area (TPSA) is 98.0 Å². The van der Waals surface area contributed by atoms with Gasteiger partial charge in [0.25, 0.3) is 0 Å². The molecule has 0 spiro atoms. The van der Waals surface area contributed by atoms with Gasteiger partial charge in [0.15, 0.2) is 5.65 Å². The summed E-state index contributed by atoms with van der Waals surface area (Å²) in [4.78, 5) is 41.3. The van der Waals surface area contributed by atoms with Gasteiger partial charge in [-0.15, -0.1) is 0 Å². The van der Waals surface area contributed by atoms with Crippen LogP contribution in [0.3, 0.4) is 0 Å². The van der Waals surface area contributed by atoms with E-state index in [4.69, 9.17) is 11.6 Å². The van der Waals surface area contributed by atoms with Gasteiger partial charge in [-0.25, -0.2) is 9.78 Å². The lowest BCUT2D eigenvalue weighted by atomic mass is 10.2. The number of carbonyl (C=O) groups is 2. The molecule has 1 aromatic carbocycles. The van der Waals surface area contributed by atoms with E-state index < -0.39 is 0 Å². The summed E-state index contributed by atoms with van der Waals surface area (Å²) in [7, 11) is 0. The van der Waals surface area contributed by atoms with Crippen molar-refractivity contribution in [3.63, 3.8) is 0 Å². The minimum atomic E-state index is -0.333. The van der Waals surface area contributed by atoms with Crippen LogP contribution in [0.4, 0.5) is 11.5 Å². The molecule has 0 aliphatic heterocycles. The van der Waals surface area contributed by atoms with Gasteiger partial charge in [-0.05, 0) is 50.6 Å². The normalized spacial score (nSPS) is 10.9.